The van der Waals surface area contributed by atoms with E-state index in [2.05, 4.69) is 31.0 Å². The van der Waals surface area contributed by atoms with Gasteiger partial charge in [-0.1, -0.05) is 35.2 Å². The Morgan fingerprint density at radius 1 is 1.18 bits per heavy atom. The highest BCUT2D eigenvalue weighted by atomic mass is 32.2. The average molecular weight is 499 g/mol. The molecule has 0 fully saturated rings. The van der Waals surface area contributed by atoms with Gasteiger partial charge in [0.25, 0.3) is 5.95 Å². The van der Waals surface area contributed by atoms with Crippen molar-refractivity contribution in [1.82, 2.24) is 19.9 Å². The maximum atomic E-state index is 12.3. The number of fused-ring (bicyclic) bond motifs is 1. The Morgan fingerprint density at radius 2 is 1.97 bits per heavy atom. The Balaban J connectivity index is 1.35. The summed E-state index contributed by atoms with van der Waals surface area (Å²) >= 11 is 2.57. The third-order valence-corrected chi connectivity index (χ3v) is 6.56. The molecule has 2 heterocycles. The molecule has 0 aliphatic carbocycles. The number of anilines is 2. The average Bonchev–Trinajstić information content (AvgIpc) is 3.42. The number of nitrogens with two attached hydrogens (primary N) is 1. The largest absolute Gasteiger partial charge is 0.493 e. The molecule has 0 saturated heterocycles. The number of ether oxygens (including phenoxy) is 2. The summed E-state index contributed by atoms with van der Waals surface area (Å²) in [6.07, 6.45) is 0. The minimum atomic E-state index is -0.219. The van der Waals surface area contributed by atoms with Crippen molar-refractivity contribution in [3.63, 3.8) is 0 Å². The van der Waals surface area contributed by atoms with Gasteiger partial charge in [0.1, 0.15) is 0 Å². The first-order valence-corrected chi connectivity index (χ1v) is 11.8. The summed E-state index contributed by atoms with van der Waals surface area (Å²) in [6, 6.07) is 13.2. The van der Waals surface area contributed by atoms with Crippen molar-refractivity contribution < 1.29 is 14.3 Å². The molecule has 0 saturated carbocycles. The van der Waals surface area contributed by atoms with E-state index in [9.17, 15) is 4.79 Å². The predicted molar refractivity (Wildman–Crippen MR) is 135 cm³/mol. The molecule has 4 aromatic rings. The van der Waals surface area contributed by atoms with Crippen LogP contribution < -0.4 is 26.1 Å². The van der Waals surface area contributed by atoms with E-state index in [0.717, 1.165) is 27.5 Å². The number of thioether (sulfide) groups is 1. The van der Waals surface area contributed by atoms with E-state index >= 15 is 0 Å². The molecule has 1 amide bonds. The molecule has 2 aromatic carbocycles. The summed E-state index contributed by atoms with van der Waals surface area (Å²) in [5, 5.41) is 16.0. The normalized spacial score (nSPS) is 11.4. The van der Waals surface area contributed by atoms with Gasteiger partial charge in [0.05, 0.1) is 35.9 Å². The third-order valence-electron chi connectivity index (χ3n) is 4.66. The molecule has 0 radical (unpaired) electrons. The highest BCUT2D eigenvalue weighted by Gasteiger charge is 2.14. The number of nitrogens with one attached hydrogen (secondary N) is 2. The Kier molecular flexibility index (Phi) is 7.13. The van der Waals surface area contributed by atoms with Crippen LogP contribution in [-0.2, 0) is 4.79 Å². The lowest BCUT2D eigenvalue weighted by Crippen LogP contribution is -2.17. The number of hydrogen-bond donors (Lipinski definition) is 3. The fourth-order valence-electron chi connectivity index (χ4n) is 2.92. The highest BCUT2D eigenvalue weighted by molar-refractivity contribution is 7.99. The number of carbonyl (C=O) groups excluding carboxylic acids is 1. The molecular formula is C21H22N8O3S2. The first-order valence-electron chi connectivity index (χ1n) is 10.00. The molecule has 176 valence electrons. The van der Waals surface area contributed by atoms with Gasteiger partial charge in [0.2, 0.25) is 11.1 Å². The van der Waals surface area contributed by atoms with E-state index in [-0.39, 0.29) is 17.6 Å². The van der Waals surface area contributed by atoms with E-state index in [1.54, 1.807) is 20.3 Å². The van der Waals surface area contributed by atoms with Crippen molar-refractivity contribution >= 4 is 56.0 Å². The van der Waals surface area contributed by atoms with Gasteiger partial charge in [-0.15, -0.1) is 10.2 Å². The molecule has 4 N–H and O–H groups in total. The Labute approximate surface area is 203 Å². The van der Waals surface area contributed by atoms with Crippen LogP contribution in [-0.4, -0.2) is 51.4 Å². The molecular weight excluding hydrogens is 476 g/mol. The minimum Gasteiger partial charge on any atom is -0.493 e. The molecule has 34 heavy (non-hydrogen) atoms. The van der Waals surface area contributed by atoms with E-state index < -0.39 is 0 Å². The van der Waals surface area contributed by atoms with Gasteiger partial charge in [-0.05, 0) is 37.3 Å². The van der Waals surface area contributed by atoms with Crippen molar-refractivity contribution in [3.8, 4) is 11.5 Å². The second-order valence-electron chi connectivity index (χ2n) is 6.88. The maximum Gasteiger partial charge on any atom is 0.264 e. The van der Waals surface area contributed by atoms with Crippen LogP contribution in [0.3, 0.4) is 0 Å². The number of hydrazone groups is 1. The van der Waals surface area contributed by atoms with Crippen LogP contribution in [0.25, 0.3) is 10.2 Å². The van der Waals surface area contributed by atoms with Crippen LogP contribution in [0.4, 0.5) is 11.1 Å². The van der Waals surface area contributed by atoms with E-state index in [0.29, 0.717) is 27.5 Å². The topological polar surface area (TPSA) is 142 Å². The molecule has 0 bridgehead atoms. The lowest BCUT2D eigenvalue weighted by molar-refractivity contribution is -0.113. The molecule has 0 spiro atoms. The number of rotatable bonds is 9. The van der Waals surface area contributed by atoms with Crippen molar-refractivity contribution in [2.45, 2.75) is 12.1 Å². The molecule has 0 aliphatic heterocycles. The number of nitrogens with zero attached hydrogens (tertiary/aromatic N) is 5. The highest BCUT2D eigenvalue weighted by Crippen LogP contribution is 2.28. The number of benzene rings is 2. The van der Waals surface area contributed by atoms with Crippen LogP contribution in [0.2, 0.25) is 0 Å². The van der Waals surface area contributed by atoms with Gasteiger partial charge in [-0.25, -0.2) is 15.1 Å². The second kappa shape index (κ2) is 10.4. The number of aromatic nitrogens is 4. The molecule has 2 aromatic heterocycles. The number of nitrogen functional groups attached to an aromatic ring is 1. The number of amides is 1. The lowest BCUT2D eigenvalue weighted by Gasteiger charge is -2.09. The van der Waals surface area contributed by atoms with E-state index in [1.807, 2.05) is 43.3 Å². The molecule has 4 rings (SSSR count). The zero-order valence-electron chi connectivity index (χ0n) is 18.6. The second-order valence-corrected chi connectivity index (χ2v) is 8.85. The SMILES string of the molecule is COc1ccc(/C(C)=N/Nc2nnc(SCC(=O)Nc3nc4ccccc4s3)n2N)cc1OC. The minimum absolute atomic E-state index is 0.0964. The lowest BCUT2D eigenvalue weighted by atomic mass is 10.1. The van der Waals surface area contributed by atoms with Crippen molar-refractivity contribution in [2.75, 3.05) is 36.6 Å². The van der Waals surface area contributed by atoms with Crippen molar-refractivity contribution in [2.24, 2.45) is 5.10 Å². The molecule has 0 aliphatic rings. The van der Waals surface area contributed by atoms with Crippen molar-refractivity contribution in [3.05, 3.63) is 48.0 Å². The number of para-hydroxylation sites is 1. The summed E-state index contributed by atoms with van der Waals surface area (Å²) in [5.74, 6) is 7.39. The Bertz CT molecular complexity index is 1320. The molecule has 0 unspecified atom stereocenters. The molecule has 11 nitrogen and oxygen atoms in total. The maximum absolute atomic E-state index is 12.3. The number of hydrogen-bond acceptors (Lipinski definition) is 11. The smallest absolute Gasteiger partial charge is 0.264 e. The van der Waals surface area contributed by atoms with Crippen LogP contribution in [0.15, 0.2) is 52.7 Å². The summed E-state index contributed by atoms with van der Waals surface area (Å²) < 4.78 is 12.8. The van der Waals surface area contributed by atoms with Crippen LogP contribution in [0, 0.1) is 0 Å². The third kappa shape index (κ3) is 5.21. The number of carbonyl (C=O) groups is 1. The first kappa shape index (κ1) is 23.3. The standard InChI is InChI=1S/C21H22N8O3S2/c1-12(13-8-9-15(31-2)16(10-13)32-3)25-26-19-27-28-21(29(19)22)33-11-18(30)24-20-23-14-6-4-5-7-17(14)34-20/h4-10H,11,22H2,1-3H3,(H,26,27)(H,23,24,30)/b25-12+. The fraction of sp³-hybridized carbons (Fsp3) is 0.190. The summed E-state index contributed by atoms with van der Waals surface area (Å²) in [4.78, 5) is 16.7. The summed E-state index contributed by atoms with van der Waals surface area (Å²) in [7, 11) is 3.15. The van der Waals surface area contributed by atoms with E-state index in [1.165, 1.54) is 16.0 Å². The van der Waals surface area contributed by atoms with Gasteiger partial charge >= 0.3 is 0 Å². The Hall–Kier alpha value is -3.84. The van der Waals surface area contributed by atoms with Gasteiger partial charge in [-0.3, -0.25) is 4.79 Å². The molecule has 0 atom stereocenters. The van der Waals surface area contributed by atoms with Crippen LogP contribution >= 0.6 is 23.1 Å². The van der Waals surface area contributed by atoms with Gasteiger partial charge in [0, 0.05) is 5.56 Å². The fourth-order valence-corrected chi connectivity index (χ4v) is 4.46. The van der Waals surface area contributed by atoms with E-state index in [4.69, 9.17) is 15.3 Å². The Morgan fingerprint density at radius 3 is 2.74 bits per heavy atom. The predicted octanol–water partition coefficient (Wildman–Crippen LogP) is 3.19. The first-order chi connectivity index (χ1) is 16.5. The van der Waals surface area contributed by atoms with Crippen molar-refractivity contribution in [1.29, 1.82) is 0 Å². The zero-order valence-corrected chi connectivity index (χ0v) is 20.2. The number of thiazole rings is 1. The summed E-state index contributed by atoms with van der Waals surface area (Å²) in [6.45, 7) is 1.83. The van der Waals surface area contributed by atoms with Gasteiger partial charge in [0.15, 0.2) is 16.6 Å². The summed E-state index contributed by atoms with van der Waals surface area (Å²) in [5.41, 5.74) is 5.14. The van der Waals surface area contributed by atoms with Gasteiger partial charge < -0.3 is 20.6 Å². The van der Waals surface area contributed by atoms with Crippen LogP contribution in [0.1, 0.15) is 12.5 Å². The monoisotopic (exact) mass is 498 g/mol. The number of methoxy groups -OCH3 is 2. The zero-order chi connectivity index (χ0) is 24.1. The molecule has 13 heteroatoms. The quantitative estimate of drug-likeness (QED) is 0.137. The van der Waals surface area contributed by atoms with Gasteiger partial charge in [-0.2, -0.15) is 5.10 Å². The van der Waals surface area contributed by atoms with Crippen LogP contribution in [0.5, 0.6) is 11.5 Å².